The molecular formula is C25H34O6. The van der Waals surface area contributed by atoms with Crippen molar-refractivity contribution in [3.8, 4) is 0 Å². The number of aliphatic hydroxyl groups excluding tert-OH is 1. The summed E-state index contributed by atoms with van der Waals surface area (Å²) >= 11 is 0. The second-order valence-electron chi connectivity index (χ2n) is 10.5. The van der Waals surface area contributed by atoms with Crippen LogP contribution >= 0.6 is 0 Å². The van der Waals surface area contributed by atoms with E-state index in [0.29, 0.717) is 25.7 Å². The topological polar surface area (TPSA) is 93.1 Å². The minimum atomic E-state index is -3.09. The molecule has 4 fully saturated rings. The van der Waals surface area contributed by atoms with E-state index in [9.17, 15) is 19.8 Å². The lowest BCUT2D eigenvalue weighted by atomic mass is 9.46. The van der Waals surface area contributed by atoms with Crippen LogP contribution in [0.15, 0.2) is 23.8 Å². The molecule has 31 heavy (non-hydrogen) atoms. The molecule has 2 N–H and O–H groups in total. The normalized spacial score (nSPS) is 52.5. The van der Waals surface area contributed by atoms with Gasteiger partial charge in [-0.25, -0.2) is 0 Å². The van der Waals surface area contributed by atoms with E-state index in [1.165, 1.54) is 0 Å². The molecule has 6 heteroatoms. The van der Waals surface area contributed by atoms with Gasteiger partial charge in [0.15, 0.2) is 23.5 Å². The maximum absolute atomic E-state index is 13.5. The van der Waals surface area contributed by atoms with Crippen LogP contribution in [0.3, 0.4) is 0 Å². The van der Waals surface area contributed by atoms with E-state index < -0.39 is 47.3 Å². The molecule has 170 valence electrons. The molecule has 5 rings (SSSR count). The highest BCUT2D eigenvalue weighted by molar-refractivity contribution is 6.01. The lowest BCUT2D eigenvalue weighted by Crippen LogP contribution is -2.63. The Balaban J connectivity index is 1.59. The van der Waals surface area contributed by atoms with Gasteiger partial charge in [-0.1, -0.05) is 38.8 Å². The van der Waals surface area contributed by atoms with E-state index in [-0.39, 0.29) is 36.0 Å². The van der Waals surface area contributed by atoms with Gasteiger partial charge in [-0.05, 0) is 56.1 Å². The average Bonchev–Trinajstić information content (AvgIpc) is 3.20. The first-order valence-corrected chi connectivity index (χ1v) is 11.5. The van der Waals surface area contributed by atoms with E-state index in [0.717, 1.165) is 12.0 Å². The van der Waals surface area contributed by atoms with E-state index in [1.54, 1.807) is 12.2 Å². The fourth-order valence-corrected chi connectivity index (χ4v) is 7.90. The number of ether oxygens (including phenoxy) is 2. The summed E-state index contributed by atoms with van der Waals surface area (Å²) in [7, 11) is 0. The molecule has 0 bridgehead atoms. The van der Waals surface area contributed by atoms with Gasteiger partial charge in [-0.15, -0.1) is 0 Å². The molecule has 1 saturated heterocycles. The van der Waals surface area contributed by atoms with Crippen molar-refractivity contribution in [2.24, 2.45) is 28.6 Å². The van der Waals surface area contributed by atoms with Crippen molar-refractivity contribution in [2.45, 2.75) is 83.4 Å². The highest BCUT2D eigenvalue weighted by Gasteiger charge is 2.75. The Kier molecular flexibility index (Phi) is 4.14. The maximum atomic E-state index is 13.5. The summed E-state index contributed by atoms with van der Waals surface area (Å²) in [5, 5.41) is 21.8. The van der Waals surface area contributed by atoms with E-state index in [1.807, 2.05) is 20.8 Å². The Hall–Kier alpha value is -1.34. The minimum Gasteiger partial charge on any atom is -0.393 e. The average molecular weight is 434 g/mol. The summed E-state index contributed by atoms with van der Waals surface area (Å²) in [5.41, 5.74) is -2.33. The van der Waals surface area contributed by atoms with Gasteiger partial charge in [0.05, 0.1) is 16.3 Å². The second kappa shape index (κ2) is 7.08. The van der Waals surface area contributed by atoms with Crippen LogP contribution in [0, 0.1) is 28.6 Å². The van der Waals surface area contributed by atoms with Crippen molar-refractivity contribution in [1.29, 1.82) is 0 Å². The number of allylic oxidation sites excluding steroid dienone is 4. The first kappa shape index (κ1) is 18.1. The molecule has 3 saturated carbocycles. The predicted octanol–water partition coefficient (Wildman–Crippen LogP) is 2.72. The molecule has 0 radical (unpaired) electrons. The van der Waals surface area contributed by atoms with Crippen molar-refractivity contribution < 1.29 is 33.4 Å². The summed E-state index contributed by atoms with van der Waals surface area (Å²) in [6.45, 7) is 2.73. The van der Waals surface area contributed by atoms with Crippen molar-refractivity contribution in [2.75, 3.05) is 6.56 Å². The monoisotopic (exact) mass is 433 g/mol. The highest BCUT2D eigenvalue weighted by atomic mass is 16.7. The second-order valence-corrected chi connectivity index (χ2v) is 10.5. The Morgan fingerprint density at radius 2 is 2.19 bits per heavy atom. The number of carbonyl (C=O) groups excluding carboxylic acids is 2. The van der Waals surface area contributed by atoms with Gasteiger partial charge in [0.2, 0.25) is 0 Å². The zero-order valence-corrected chi connectivity index (χ0v) is 18.4. The molecule has 0 amide bonds. The Morgan fingerprint density at radius 3 is 2.90 bits per heavy atom. The van der Waals surface area contributed by atoms with Crippen LogP contribution in [-0.2, 0) is 19.1 Å². The standard InChI is InChI=1S/C25H34O6/c1-4-5-21-30-20-11-17-16-7-6-14-10-15(27)8-9-23(14,2)22(16)18(28)12-24(17,3)25(20,31-21)19(29)13-26/h8-10,16-18,20-22,26,28H,4-7,11-13H2,1-3H3/t16-,17-,18-,20+,21?,22+,23-,24-,25+/m0/s1/i8D,13D2. The summed E-state index contributed by atoms with van der Waals surface area (Å²) in [6, 6.07) is -0.0649. The van der Waals surface area contributed by atoms with Crippen LogP contribution < -0.4 is 0 Å². The molecule has 1 aliphatic heterocycles. The minimum absolute atomic E-state index is 0.0372. The van der Waals surface area contributed by atoms with Crippen LogP contribution in [0.1, 0.15) is 63.4 Å². The lowest BCUT2D eigenvalue weighted by Gasteiger charge is -2.59. The number of ketones is 2. The highest BCUT2D eigenvalue weighted by Crippen LogP contribution is 2.69. The van der Waals surface area contributed by atoms with E-state index >= 15 is 0 Å². The summed E-state index contributed by atoms with van der Waals surface area (Å²) in [5.74, 6) is -1.74. The predicted molar refractivity (Wildman–Crippen MR) is 113 cm³/mol. The number of aliphatic hydroxyl groups is 2. The lowest BCUT2D eigenvalue weighted by molar-refractivity contribution is -0.200. The number of hydrogen-bond acceptors (Lipinski definition) is 6. The Morgan fingerprint density at radius 1 is 1.42 bits per heavy atom. The fourth-order valence-electron chi connectivity index (χ4n) is 7.90. The van der Waals surface area contributed by atoms with Crippen molar-refractivity contribution in [3.63, 3.8) is 0 Å². The SMILES string of the molecule is [2H]C1=C[C@@]2(C)C(=CC1=O)CC[C@@H]1[C@@H]2[C@@H](O)C[C@@]2(C)[C@H]1C[C@H]1OC(CCC)O[C@]12C(=O)C([2H])([2H])O. The number of fused-ring (bicyclic) bond motifs is 7. The molecule has 6 nitrogen and oxygen atoms in total. The van der Waals surface area contributed by atoms with Crippen LogP contribution in [0.4, 0.5) is 0 Å². The van der Waals surface area contributed by atoms with E-state index in [2.05, 4.69) is 0 Å². The zero-order valence-electron chi connectivity index (χ0n) is 21.4. The first-order valence-electron chi connectivity index (χ1n) is 13.0. The summed E-state index contributed by atoms with van der Waals surface area (Å²) < 4.78 is 36.3. The number of hydrogen-bond donors (Lipinski definition) is 2. The molecule has 4 aliphatic carbocycles. The van der Waals surface area contributed by atoms with E-state index in [4.69, 9.17) is 13.6 Å². The van der Waals surface area contributed by atoms with Gasteiger partial charge in [0.1, 0.15) is 6.56 Å². The van der Waals surface area contributed by atoms with Crippen molar-refractivity contribution in [1.82, 2.24) is 0 Å². The third-order valence-electron chi connectivity index (χ3n) is 9.16. The molecule has 1 unspecified atom stereocenters. The number of carbonyl (C=O) groups is 2. The molecule has 1 heterocycles. The summed E-state index contributed by atoms with van der Waals surface area (Å²) in [6.07, 6.45) is 4.31. The summed E-state index contributed by atoms with van der Waals surface area (Å²) in [4.78, 5) is 25.7. The van der Waals surface area contributed by atoms with Crippen molar-refractivity contribution >= 4 is 11.6 Å². The van der Waals surface area contributed by atoms with Gasteiger partial charge in [-0.2, -0.15) is 0 Å². The van der Waals surface area contributed by atoms with Crippen LogP contribution in [0.2, 0.25) is 0 Å². The molecule has 0 aromatic carbocycles. The van der Waals surface area contributed by atoms with Gasteiger partial charge in [0, 0.05) is 16.7 Å². The number of rotatable bonds is 4. The van der Waals surface area contributed by atoms with Gasteiger partial charge < -0.3 is 19.7 Å². The largest absolute Gasteiger partial charge is 0.393 e. The molecule has 0 spiro atoms. The molecular weight excluding hydrogens is 396 g/mol. The quantitative estimate of drug-likeness (QED) is 0.708. The smallest absolute Gasteiger partial charge is 0.193 e. The van der Waals surface area contributed by atoms with Crippen LogP contribution in [0.5, 0.6) is 0 Å². The molecule has 5 aliphatic rings. The molecule has 0 aromatic heterocycles. The molecule has 9 atom stereocenters. The Labute approximate surface area is 187 Å². The van der Waals surface area contributed by atoms with Gasteiger partial charge >= 0.3 is 0 Å². The van der Waals surface area contributed by atoms with Gasteiger partial charge in [-0.3, -0.25) is 9.59 Å². The number of Topliss-reactive ketones (excluding diaryl/α,β-unsaturated/α-hetero) is 1. The zero-order chi connectivity index (χ0) is 24.8. The maximum Gasteiger partial charge on any atom is 0.193 e. The fraction of sp³-hybridized carbons (Fsp3) is 0.760. The first-order chi connectivity index (χ1) is 15.8. The third-order valence-corrected chi connectivity index (χ3v) is 9.16. The third kappa shape index (κ3) is 2.65. The van der Waals surface area contributed by atoms with Crippen LogP contribution in [0.25, 0.3) is 0 Å². The van der Waals surface area contributed by atoms with Crippen LogP contribution in [-0.4, -0.2) is 52.4 Å². The Bertz CT molecular complexity index is 988. The van der Waals surface area contributed by atoms with Crippen molar-refractivity contribution in [3.05, 3.63) is 23.8 Å². The molecule has 0 aromatic rings. The van der Waals surface area contributed by atoms with Gasteiger partial charge in [0.25, 0.3) is 0 Å².